The van der Waals surface area contributed by atoms with Crippen molar-refractivity contribution in [2.75, 3.05) is 5.32 Å². The van der Waals surface area contributed by atoms with Crippen molar-refractivity contribution in [2.24, 2.45) is 7.05 Å². The fourth-order valence-electron chi connectivity index (χ4n) is 1.52. The van der Waals surface area contributed by atoms with E-state index in [9.17, 15) is 4.79 Å². The molecule has 0 aliphatic rings. The number of nitrogens with one attached hydrogen (secondary N) is 1. The Kier molecular flexibility index (Phi) is 2.52. The molecule has 0 fully saturated rings. The molecule has 0 saturated carbocycles. The van der Waals surface area contributed by atoms with Crippen LogP contribution >= 0.6 is 0 Å². The van der Waals surface area contributed by atoms with Gasteiger partial charge < -0.3 is 9.73 Å². The van der Waals surface area contributed by atoms with Crippen LogP contribution < -0.4 is 5.32 Å². The van der Waals surface area contributed by atoms with Crippen molar-refractivity contribution in [2.45, 2.75) is 13.8 Å². The first-order chi connectivity index (χ1) is 7.56. The predicted molar refractivity (Wildman–Crippen MR) is 59.3 cm³/mol. The normalized spacial score (nSPS) is 10.4. The van der Waals surface area contributed by atoms with Gasteiger partial charge in [-0.15, -0.1) is 0 Å². The van der Waals surface area contributed by atoms with Crippen molar-refractivity contribution in [3.63, 3.8) is 0 Å². The molecule has 2 aromatic rings. The van der Waals surface area contributed by atoms with Crippen LogP contribution in [0.5, 0.6) is 0 Å². The lowest BCUT2D eigenvalue weighted by Crippen LogP contribution is -2.12. The molecule has 0 aliphatic carbocycles. The van der Waals surface area contributed by atoms with Crippen molar-refractivity contribution in [3.05, 3.63) is 35.4 Å². The number of rotatable bonds is 2. The number of amides is 1. The summed E-state index contributed by atoms with van der Waals surface area (Å²) in [6.45, 7) is 3.57. The molecule has 0 saturated heterocycles. The van der Waals surface area contributed by atoms with E-state index in [-0.39, 0.29) is 5.91 Å². The maximum atomic E-state index is 11.8. The standard InChI is InChI=1S/C11H13N3O2/c1-7-6-9(8(2)16-7)11(15)12-10-4-5-14(3)13-10/h4-6H,1-3H3,(H,12,13,15). The van der Waals surface area contributed by atoms with Crippen molar-refractivity contribution in [1.82, 2.24) is 9.78 Å². The first-order valence-electron chi connectivity index (χ1n) is 4.94. The molecule has 0 bridgehead atoms. The van der Waals surface area contributed by atoms with Crippen molar-refractivity contribution >= 4 is 11.7 Å². The predicted octanol–water partition coefficient (Wildman–Crippen LogP) is 1.88. The van der Waals surface area contributed by atoms with E-state index in [4.69, 9.17) is 4.42 Å². The second kappa shape index (κ2) is 3.84. The van der Waals surface area contributed by atoms with Gasteiger partial charge in [-0.25, -0.2) is 0 Å². The minimum Gasteiger partial charge on any atom is -0.466 e. The Labute approximate surface area is 93.1 Å². The molecule has 0 radical (unpaired) electrons. The molecule has 0 aromatic carbocycles. The molecule has 1 N–H and O–H groups in total. The van der Waals surface area contributed by atoms with E-state index in [1.807, 2.05) is 6.92 Å². The summed E-state index contributed by atoms with van der Waals surface area (Å²) < 4.78 is 6.92. The average Bonchev–Trinajstić information content (AvgIpc) is 2.73. The topological polar surface area (TPSA) is 60.1 Å². The van der Waals surface area contributed by atoms with Gasteiger partial charge in [0, 0.05) is 19.3 Å². The number of aryl methyl sites for hydroxylation is 3. The molecule has 0 spiro atoms. The van der Waals surface area contributed by atoms with E-state index in [2.05, 4.69) is 10.4 Å². The van der Waals surface area contributed by atoms with Gasteiger partial charge in [0.1, 0.15) is 11.5 Å². The van der Waals surface area contributed by atoms with Crippen molar-refractivity contribution in [1.29, 1.82) is 0 Å². The summed E-state index contributed by atoms with van der Waals surface area (Å²) in [5, 5.41) is 6.77. The highest BCUT2D eigenvalue weighted by Crippen LogP contribution is 2.15. The highest BCUT2D eigenvalue weighted by Gasteiger charge is 2.14. The molecule has 16 heavy (non-hydrogen) atoms. The number of carbonyl (C=O) groups excluding carboxylic acids is 1. The second-order valence-electron chi connectivity index (χ2n) is 3.66. The third-order valence-electron chi connectivity index (χ3n) is 2.24. The zero-order valence-electron chi connectivity index (χ0n) is 9.44. The quantitative estimate of drug-likeness (QED) is 0.838. The van der Waals surface area contributed by atoms with Gasteiger partial charge in [-0.2, -0.15) is 5.10 Å². The van der Waals surface area contributed by atoms with Gasteiger partial charge in [0.15, 0.2) is 5.82 Å². The maximum Gasteiger partial charge on any atom is 0.260 e. The molecule has 0 aliphatic heterocycles. The third-order valence-corrected chi connectivity index (χ3v) is 2.24. The average molecular weight is 219 g/mol. The molecule has 5 nitrogen and oxygen atoms in total. The first-order valence-corrected chi connectivity index (χ1v) is 4.94. The SMILES string of the molecule is Cc1cc(C(=O)Nc2ccn(C)n2)c(C)o1. The zero-order valence-corrected chi connectivity index (χ0v) is 9.44. The lowest BCUT2D eigenvalue weighted by Gasteiger charge is -1.99. The van der Waals surface area contributed by atoms with E-state index in [0.717, 1.165) is 5.76 Å². The summed E-state index contributed by atoms with van der Waals surface area (Å²) in [6, 6.07) is 3.45. The maximum absolute atomic E-state index is 11.8. The van der Waals surface area contributed by atoms with Crippen LogP contribution in [0.2, 0.25) is 0 Å². The molecule has 2 heterocycles. The van der Waals surface area contributed by atoms with Crippen LogP contribution in [0.3, 0.4) is 0 Å². The summed E-state index contributed by atoms with van der Waals surface area (Å²) >= 11 is 0. The number of aromatic nitrogens is 2. The zero-order chi connectivity index (χ0) is 11.7. The summed E-state index contributed by atoms with van der Waals surface area (Å²) in [4.78, 5) is 11.8. The van der Waals surface area contributed by atoms with E-state index < -0.39 is 0 Å². The molecule has 0 atom stereocenters. The van der Waals surface area contributed by atoms with Crippen LogP contribution in [-0.2, 0) is 7.05 Å². The lowest BCUT2D eigenvalue weighted by atomic mass is 10.2. The monoisotopic (exact) mass is 219 g/mol. The summed E-state index contributed by atoms with van der Waals surface area (Å²) in [5.74, 6) is 1.67. The van der Waals surface area contributed by atoms with Gasteiger partial charge in [-0.05, 0) is 19.9 Å². The molecule has 2 rings (SSSR count). The van der Waals surface area contributed by atoms with Gasteiger partial charge in [-0.3, -0.25) is 9.48 Å². The molecular weight excluding hydrogens is 206 g/mol. The minimum atomic E-state index is -0.201. The van der Waals surface area contributed by atoms with Crippen molar-refractivity contribution < 1.29 is 9.21 Å². The summed E-state index contributed by atoms with van der Waals surface area (Å²) in [5.41, 5.74) is 0.545. The fraction of sp³-hybridized carbons (Fsp3) is 0.273. The Morgan fingerprint density at radius 3 is 2.75 bits per heavy atom. The van der Waals surface area contributed by atoms with Gasteiger partial charge in [0.25, 0.3) is 5.91 Å². The van der Waals surface area contributed by atoms with Gasteiger partial charge in [0.2, 0.25) is 0 Å². The van der Waals surface area contributed by atoms with Gasteiger partial charge in [-0.1, -0.05) is 0 Å². The molecule has 2 aromatic heterocycles. The first kappa shape index (κ1) is 10.5. The Morgan fingerprint density at radius 2 is 2.25 bits per heavy atom. The second-order valence-corrected chi connectivity index (χ2v) is 3.66. The number of carbonyl (C=O) groups is 1. The van der Waals surface area contributed by atoms with E-state index in [1.165, 1.54) is 0 Å². The fourth-order valence-corrected chi connectivity index (χ4v) is 1.52. The van der Waals surface area contributed by atoms with Crippen LogP contribution in [-0.4, -0.2) is 15.7 Å². The number of furan rings is 1. The van der Waals surface area contributed by atoms with Gasteiger partial charge in [0.05, 0.1) is 5.56 Å². The molecule has 0 unspecified atom stereocenters. The third kappa shape index (κ3) is 1.98. The van der Waals surface area contributed by atoms with Crippen LogP contribution in [0.4, 0.5) is 5.82 Å². The Balaban J connectivity index is 2.17. The number of anilines is 1. The molecule has 5 heteroatoms. The van der Waals surface area contributed by atoms with Crippen LogP contribution in [0.25, 0.3) is 0 Å². The Morgan fingerprint density at radius 1 is 1.50 bits per heavy atom. The highest BCUT2D eigenvalue weighted by molar-refractivity contribution is 6.04. The van der Waals surface area contributed by atoms with E-state index >= 15 is 0 Å². The molecule has 1 amide bonds. The van der Waals surface area contributed by atoms with E-state index in [1.54, 1.807) is 37.0 Å². The van der Waals surface area contributed by atoms with Crippen LogP contribution in [0, 0.1) is 13.8 Å². The van der Waals surface area contributed by atoms with Crippen LogP contribution in [0.15, 0.2) is 22.7 Å². The largest absolute Gasteiger partial charge is 0.466 e. The highest BCUT2D eigenvalue weighted by atomic mass is 16.3. The molecular formula is C11H13N3O2. The summed E-state index contributed by atoms with van der Waals surface area (Å²) in [7, 11) is 1.79. The number of nitrogens with zero attached hydrogens (tertiary/aromatic N) is 2. The Bertz CT molecular complexity index is 525. The van der Waals surface area contributed by atoms with Crippen molar-refractivity contribution in [3.8, 4) is 0 Å². The smallest absolute Gasteiger partial charge is 0.260 e. The Hall–Kier alpha value is -2.04. The van der Waals surface area contributed by atoms with Crippen LogP contribution in [0.1, 0.15) is 21.9 Å². The van der Waals surface area contributed by atoms with Gasteiger partial charge >= 0.3 is 0 Å². The lowest BCUT2D eigenvalue weighted by molar-refractivity contribution is 0.102. The summed E-state index contributed by atoms with van der Waals surface area (Å²) in [6.07, 6.45) is 1.77. The van der Waals surface area contributed by atoms with E-state index in [0.29, 0.717) is 17.1 Å². The number of hydrogen-bond donors (Lipinski definition) is 1. The number of hydrogen-bond acceptors (Lipinski definition) is 3. The molecule has 84 valence electrons. The minimum absolute atomic E-state index is 0.201.